The Bertz CT molecular complexity index is 1190. The molecule has 8 atom stereocenters. The van der Waals surface area contributed by atoms with Crippen LogP contribution in [0.4, 0.5) is 0 Å². The zero-order chi connectivity index (χ0) is 34.7. The summed E-state index contributed by atoms with van der Waals surface area (Å²) in [6, 6.07) is 0. The molecule has 2 fully saturated rings. The first-order valence-electron chi connectivity index (χ1n) is 18.8. The fourth-order valence-electron chi connectivity index (χ4n) is 8.94. The summed E-state index contributed by atoms with van der Waals surface area (Å²) in [5.74, 6) is 2.35. The fourth-order valence-corrected chi connectivity index (χ4v) is 13.0. The van der Waals surface area contributed by atoms with Gasteiger partial charge in [-0.3, -0.25) is 0 Å². The average molecular weight is 689 g/mol. The van der Waals surface area contributed by atoms with E-state index < -0.39 is 16.6 Å². The predicted molar refractivity (Wildman–Crippen MR) is 207 cm³/mol. The molecule has 0 aromatic rings. The molecular weight excluding hydrogens is 617 g/mol. The van der Waals surface area contributed by atoms with Crippen molar-refractivity contribution in [1.29, 1.82) is 0 Å². The Morgan fingerprint density at radius 2 is 1.52 bits per heavy atom. The van der Waals surface area contributed by atoms with Crippen molar-refractivity contribution < 1.29 is 14.0 Å². The molecule has 0 spiro atoms. The van der Waals surface area contributed by atoms with Crippen LogP contribution in [0.2, 0.25) is 36.3 Å². The number of thioether (sulfide) groups is 1. The molecule has 3 nitrogen and oxygen atoms in total. The van der Waals surface area contributed by atoms with Crippen molar-refractivity contribution in [2.24, 2.45) is 28.6 Å². The van der Waals surface area contributed by atoms with Crippen molar-refractivity contribution in [3.8, 4) is 0 Å². The summed E-state index contributed by atoms with van der Waals surface area (Å²) in [5.41, 5.74) is 5.12. The summed E-state index contributed by atoms with van der Waals surface area (Å²) >= 11 is 1.98. The first-order chi connectivity index (χ1) is 21.0. The summed E-state index contributed by atoms with van der Waals surface area (Å²) in [7, 11) is -3.94. The molecule has 0 aromatic heterocycles. The van der Waals surface area contributed by atoms with E-state index in [1.807, 2.05) is 11.8 Å². The van der Waals surface area contributed by atoms with Gasteiger partial charge >= 0.3 is 0 Å². The lowest BCUT2D eigenvalue weighted by Crippen LogP contribution is -2.58. The molecule has 264 valence electrons. The number of aliphatic hydroxyl groups excluding tert-OH is 1. The van der Waals surface area contributed by atoms with Crippen LogP contribution in [0.25, 0.3) is 0 Å². The summed E-state index contributed by atoms with van der Waals surface area (Å²) in [6.07, 6.45) is 15.7. The fraction of sp³-hybridized carbons (Fsp3) is 0.850. The molecule has 0 saturated heterocycles. The number of rotatable bonds is 11. The van der Waals surface area contributed by atoms with Crippen LogP contribution in [-0.2, 0) is 8.85 Å². The minimum Gasteiger partial charge on any atom is -0.414 e. The third-order valence-corrected chi connectivity index (χ3v) is 24.6. The lowest BCUT2D eigenvalue weighted by molar-refractivity contribution is -0.0386. The Morgan fingerprint density at radius 3 is 2.09 bits per heavy atom. The lowest BCUT2D eigenvalue weighted by atomic mass is 9.49. The maximum atomic E-state index is 10.9. The normalized spacial score (nSPS) is 33.5. The average Bonchev–Trinajstić information content (AvgIpc) is 3.29. The van der Waals surface area contributed by atoms with E-state index in [1.165, 1.54) is 12.8 Å². The van der Waals surface area contributed by atoms with E-state index in [9.17, 15) is 5.11 Å². The highest BCUT2D eigenvalue weighted by Crippen LogP contribution is 2.65. The van der Waals surface area contributed by atoms with Gasteiger partial charge in [0.05, 0.1) is 18.3 Å². The smallest absolute Gasteiger partial charge is 0.192 e. The third kappa shape index (κ3) is 7.06. The zero-order valence-corrected chi connectivity index (χ0v) is 35.4. The minimum atomic E-state index is -2.02. The molecular formula is C40H72O3SSi2. The molecule has 1 unspecified atom stereocenters. The summed E-state index contributed by atoms with van der Waals surface area (Å²) in [4.78, 5) is 0. The summed E-state index contributed by atoms with van der Waals surface area (Å²) < 4.78 is 14.7. The molecule has 0 aliphatic heterocycles. The summed E-state index contributed by atoms with van der Waals surface area (Å²) in [6.45, 7) is 35.9. The van der Waals surface area contributed by atoms with Crippen LogP contribution >= 0.6 is 11.8 Å². The monoisotopic (exact) mass is 688 g/mol. The summed E-state index contributed by atoms with van der Waals surface area (Å²) in [5, 5.41) is 11.7. The van der Waals surface area contributed by atoms with E-state index in [-0.39, 0.29) is 39.2 Å². The Balaban J connectivity index is 1.63. The van der Waals surface area contributed by atoms with E-state index >= 15 is 0 Å². The van der Waals surface area contributed by atoms with Crippen molar-refractivity contribution in [3.05, 3.63) is 34.9 Å². The molecule has 0 heterocycles. The van der Waals surface area contributed by atoms with Gasteiger partial charge in [0, 0.05) is 16.4 Å². The Labute approximate surface area is 291 Å². The van der Waals surface area contributed by atoms with Crippen molar-refractivity contribution in [1.82, 2.24) is 0 Å². The minimum absolute atomic E-state index is 0.0107. The van der Waals surface area contributed by atoms with Gasteiger partial charge in [0.1, 0.15) is 0 Å². The second kappa shape index (κ2) is 13.5. The van der Waals surface area contributed by atoms with Crippen LogP contribution in [0.15, 0.2) is 34.9 Å². The van der Waals surface area contributed by atoms with Crippen LogP contribution in [0.1, 0.15) is 121 Å². The highest BCUT2D eigenvalue weighted by Gasteiger charge is 2.59. The number of hydrogen-bond acceptors (Lipinski definition) is 4. The van der Waals surface area contributed by atoms with Gasteiger partial charge in [-0.1, -0.05) is 117 Å². The maximum Gasteiger partial charge on any atom is 0.192 e. The van der Waals surface area contributed by atoms with Crippen molar-refractivity contribution in [2.45, 2.75) is 181 Å². The van der Waals surface area contributed by atoms with Gasteiger partial charge in [0.15, 0.2) is 16.6 Å². The molecule has 1 N–H and O–H groups in total. The predicted octanol–water partition coefficient (Wildman–Crippen LogP) is 11.7. The molecule has 4 aliphatic rings. The molecule has 46 heavy (non-hydrogen) atoms. The van der Waals surface area contributed by atoms with Crippen LogP contribution < -0.4 is 0 Å². The van der Waals surface area contributed by atoms with Gasteiger partial charge in [-0.05, 0) is 98.5 Å². The van der Waals surface area contributed by atoms with Gasteiger partial charge in [0.2, 0.25) is 0 Å². The van der Waals surface area contributed by atoms with Gasteiger partial charge < -0.3 is 14.0 Å². The van der Waals surface area contributed by atoms with Crippen LogP contribution in [0.3, 0.4) is 0 Å². The number of aliphatic hydroxyl groups is 1. The molecule has 0 bridgehead atoms. The van der Waals surface area contributed by atoms with E-state index in [0.717, 1.165) is 37.9 Å². The van der Waals surface area contributed by atoms with Gasteiger partial charge in [-0.25, -0.2) is 0 Å². The van der Waals surface area contributed by atoms with Crippen molar-refractivity contribution >= 4 is 28.4 Å². The molecule has 4 rings (SSSR count). The second-order valence-corrected chi connectivity index (χ2v) is 29.9. The lowest BCUT2D eigenvalue weighted by Gasteiger charge is -2.59. The van der Waals surface area contributed by atoms with Crippen LogP contribution in [0, 0.1) is 28.6 Å². The standard InChI is InChI=1S/C40H72O3SSi2/c1-16-28(17-2)35(41)26-44-27(3)32-20-21-33-31-19-18-29-24-30(42-45(12,13)37(4,5)6)25-36(43-46(14,15)38(7,8)9)40(29,11)34(31)22-23-39(32,33)10/h18-20,27-28,30,33-36,41H,16-17,21-26H2,1-15H3/t27-,30+,33-,34-,35?,36-,39+,40-/m0/s1. The van der Waals surface area contributed by atoms with E-state index in [0.29, 0.717) is 23.0 Å². The van der Waals surface area contributed by atoms with E-state index in [2.05, 4.69) is 121 Å². The van der Waals surface area contributed by atoms with Crippen molar-refractivity contribution in [3.63, 3.8) is 0 Å². The van der Waals surface area contributed by atoms with Crippen LogP contribution in [-0.4, -0.2) is 51.1 Å². The SMILES string of the molecule is CCC(CC)C(O)CS[C@@H](C)C1=CC[C@H]2C3=CC=C4C[C@@H](O[Si](C)(C)C(C)(C)C)C[C@H](O[Si](C)(C)C(C)(C)C)[C@]4(C)[C@H]3CC[C@]12C. The zero-order valence-electron chi connectivity index (χ0n) is 32.6. The van der Waals surface area contributed by atoms with Crippen molar-refractivity contribution in [2.75, 3.05) is 5.75 Å². The quantitative estimate of drug-likeness (QED) is 0.173. The second-order valence-electron chi connectivity index (χ2n) is 19.0. The van der Waals surface area contributed by atoms with Gasteiger partial charge in [-0.15, -0.1) is 0 Å². The first kappa shape index (κ1) is 38.7. The Morgan fingerprint density at radius 1 is 0.935 bits per heavy atom. The molecule has 0 amide bonds. The molecule has 6 heteroatoms. The highest BCUT2D eigenvalue weighted by molar-refractivity contribution is 8.00. The van der Waals surface area contributed by atoms with Crippen LogP contribution in [0.5, 0.6) is 0 Å². The molecule has 0 radical (unpaired) electrons. The van der Waals surface area contributed by atoms with E-state index in [1.54, 1.807) is 16.7 Å². The third-order valence-electron chi connectivity index (χ3n) is 14.3. The molecule has 2 saturated carbocycles. The highest BCUT2D eigenvalue weighted by atomic mass is 32.2. The molecule has 4 aliphatic carbocycles. The number of fused-ring (bicyclic) bond motifs is 5. The maximum absolute atomic E-state index is 10.9. The first-order valence-corrected chi connectivity index (χ1v) is 25.7. The number of hydrogen-bond donors (Lipinski definition) is 1. The molecule has 0 aromatic carbocycles. The Kier molecular flexibility index (Phi) is 11.4. The Hall–Kier alpha value is -0.116. The van der Waals surface area contributed by atoms with E-state index in [4.69, 9.17) is 8.85 Å². The number of allylic oxidation sites excluding steroid dienone is 4. The topological polar surface area (TPSA) is 38.7 Å². The van der Waals surface area contributed by atoms with Gasteiger partial charge in [-0.2, -0.15) is 11.8 Å². The largest absolute Gasteiger partial charge is 0.414 e. The van der Waals surface area contributed by atoms with Gasteiger partial charge in [0.25, 0.3) is 0 Å².